The molecule has 5 heteroatoms. The topological polar surface area (TPSA) is 69.6 Å². The van der Waals surface area contributed by atoms with Gasteiger partial charge in [0.15, 0.2) is 0 Å². The molecule has 0 rings (SSSR count). The van der Waals surface area contributed by atoms with Crippen molar-refractivity contribution in [3.63, 3.8) is 0 Å². The Kier molecular flexibility index (Phi) is 7.49. The monoisotopic (exact) mass is 272 g/mol. The molecular formula is C14H28N2O3. The minimum atomic E-state index is -0.857. The van der Waals surface area contributed by atoms with Gasteiger partial charge < -0.3 is 15.3 Å². The molecule has 0 aliphatic carbocycles. The normalized spacial score (nSPS) is 11.5. The zero-order chi connectivity index (χ0) is 15.1. The van der Waals surface area contributed by atoms with Crippen LogP contribution in [0.2, 0.25) is 0 Å². The summed E-state index contributed by atoms with van der Waals surface area (Å²) >= 11 is 0. The van der Waals surface area contributed by atoms with Crippen LogP contribution in [-0.2, 0) is 4.79 Å². The van der Waals surface area contributed by atoms with Gasteiger partial charge in [0.1, 0.15) is 0 Å². The molecule has 112 valence electrons. The second kappa shape index (κ2) is 8.02. The van der Waals surface area contributed by atoms with Crippen LogP contribution in [0, 0.1) is 5.41 Å². The predicted molar refractivity (Wildman–Crippen MR) is 76.2 cm³/mol. The van der Waals surface area contributed by atoms with E-state index in [9.17, 15) is 14.7 Å². The van der Waals surface area contributed by atoms with E-state index in [1.165, 1.54) is 0 Å². The number of hydrogen-bond acceptors (Lipinski definition) is 2. The molecule has 0 saturated carbocycles. The van der Waals surface area contributed by atoms with Gasteiger partial charge in [0, 0.05) is 19.6 Å². The molecule has 0 aromatic carbocycles. The lowest BCUT2D eigenvalue weighted by atomic mass is 9.82. The Labute approximate surface area is 116 Å². The number of nitrogens with one attached hydrogen (secondary N) is 1. The number of rotatable bonds is 8. The zero-order valence-electron chi connectivity index (χ0n) is 12.8. The molecule has 0 atom stereocenters. The highest BCUT2D eigenvalue weighted by Crippen LogP contribution is 2.25. The average Bonchev–Trinajstić information content (AvgIpc) is 2.41. The maximum atomic E-state index is 12.0. The van der Waals surface area contributed by atoms with E-state index < -0.39 is 11.4 Å². The second-order valence-corrected chi connectivity index (χ2v) is 5.03. The molecule has 0 radical (unpaired) electrons. The van der Waals surface area contributed by atoms with Crippen LogP contribution in [0.25, 0.3) is 0 Å². The van der Waals surface area contributed by atoms with Crippen molar-refractivity contribution in [1.29, 1.82) is 0 Å². The van der Waals surface area contributed by atoms with E-state index in [2.05, 4.69) is 5.32 Å². The Morgan fingerprint density at radius 3 is 1.95 bits per heavy atom. The lowest BCUT2D eigenvalue weighted by Gasteiger charge is -2.30. The Bertz CT molecular complexity index is 297. The minimum Gasteiger partial charge on any atom is -0.481 e. The van der Waals surface area contributed by atoms with Crippen molar-refractivity contribution in [2.24, 2.45) is 5.41 Å². The van der Waals surface area contributed by atoms with E-state index >= 15 is 0 Å². The molecule has 0 aromatic heterocycles. The van der Waals surface area contributed by atoms with Crippen molar-refractivity contribution >= 4 is 12.0 Å². The fourth-order valence-corrected chi connectivity index (χ4v) is 2.25. The number of urea groups is 1. The molecule has 0 unspecified atom stereocenters. The van der Waals surface area contributed by atoms with E-state index in [0.717, 1.165) is 12.8 Å². The molecule has 0 bridgehead atoms. The van der Waals surface area contributed by atoms with Gasteiger partial charge in [0.25, 0.3) is 0 Å². The smallest absolute Gasteiger partial charge is 0.317 e. The number of amides is 2. The van der Waals surface area contributed by atoms with E-state index in [4.69, 9.17) is 0 Å². The van der Waals surface area contributed by atoms with Gasteiger partial charge in [-0.05, 0) is 25.7 Å². The highest BCUT2D eigenvalue weighted by atomic mass is 16.4. The summed E-state index contributed by atoms with van der Waals surface area (Å²) < 4.78 is 0. The highest BCUT2D eigenvalue weighted by Gasteiger charge is 2.35. The van der Waals surface area contributed by atoms with Gasteiger partial charge in [-0.25, -0.2) is 4.79 Å². The lowest BCUT2D eigenvalue weighted by Crippen LogP contribution is -2.48. The van der Waals surface area contributed by atoms with Crippen LogP contribution in [0.4, 0.5) is 4.79 Å². The molecule has 2 N–H and O–H groups in total. The molecule has 2 amide bonds. The maximum Gasteiger partial charge on any atom is 0.317 e. The number of carbonyl (C=O) groups excluding carboxylic acids is 1. The molecule has 5 nitrogen and oxygen atoms in total. The number of carboxylic acids is 1. The van der Waals surface area contributed by atoms with Crippen molar-refractivity contribution in [2.45, 2.75) is 59.4 Å². The summed E-state index contributed by atoms with van der Waals surface area (Å²) in [6, 6.07) is 0.00343. The summed E-state index contributed by atoms with van der Waals surface area (Å²) in [6.45, 7) is 7.94. The summed E-state index contributed by atoms with van der Waals surface area (Å²) in [6.07, 6.45) is 2.81. The van der Waals surface area contributed by atoms with Crippen LogP contribution in [-0.4, -0.2) is 41.6 Å². The quantitative estimate of drug-likeness (QED) is 0.713. The van der Waals surface area contributed by atoms with Gasteiger partial charge in [-0.3, -0.25) is 4.79 Å². The second-order valence-electron chi connectivity index (χ2n) is 5.03. The zero-order valence-corrected chi connectivity index (χ0v) is 12.8. The van der Waals surface area contributed by atoms with Gasteiger partial charge in [0.2, 0.25) is 0 Å². The Morgan fingerprint density at radius 1 is 1.16 bits per heavy atom. The maximum absolute atomic E-state index is 12.0. The lowest BCUT2D eigenvalue weighted by molar-refractivity contribution is -0.149. The van der Waals surface area contributed by atoms with Crippen molar-refractivity contribution in [1.82, 2.24) is 10.2 Å². The van der Waals surface area contributed by atoms with Gasteiger partial charge in [-0.2, -0.15) is 0 Å². The summed E-state index contributed by atoms with van der Waals surface area (Å²) in [5.74, 6) is -0.844. The van der Waals surface area contributed by atoms with E-state index in [1.807, 2.05) is 27.7 Å². The van der Waals surface area contributed by atoms with Gasteiger partial charge >= 0.3 is 12.0 Å². The number of nitrogens with zero attached hydrogens (tertiary/aromatic N) is 1. The van der Waals surface area contributed by atoms with Gasteiger partial charge in [-0.15, -0.1) is 0 Å². The van der Waals surface area contributed by atoms with Crippen molar-refractivity contribution in [3.05, 3.63) is 0 Å². The molecule has 0 heterocycles. The average molecular weight is 272 g/mol. The van der Waals surface area contributed by atoms with Crippen molar-refractivity contribution in [2.75, 3.05) is 13.6 Å². The molecule has 0 fully saturated rings. The summed E-state index contributed by atoms with van der Waals surface area (Å²) in [7, 11) is 1.76. The standard InChI is InChI=1S/C14H28N2O3/c1-6-11(7-2)16(5)13(19)15-10-14(8-3,9-4)12(17)18/h11H,6-10H2,1-5H3,(H,15,19)(H,17,18). The first-order valence-electron chi connectivity index (χ1n) is 7.12. The first-order valence-corrected chi connectivity index (χ1v) is 7.12. The molecular weight excluding hydrogens is 244 g/mol. The molecule has 0 aliphatic heterocycles. The molecule has 0 aliphatic rings. The van der Waals surface area contributed by atoms with E-state index in [-0.39, 0.29) is 18.6 Å². The summed E-state index contributed by atoms with van der Waals surface area (Å²) in [4.78, 5) is 25.0. The van der Waals surface area contributed by atoms with Crippen LogP contribution in [0.3, 0.4) is 0 Å². The number of hydrogen-bond donors (Lipinski definition) is 2. The highest BCUT2D eigenvalue weighted by molar-refractivity contribution is 5.78. The van der Waals surface area contributed by atoms with Crippen LogP contribution in [0.15, 0.2) is 0 Å². The summed E-state index contributed by atoms with van der Waals surface area (Å²) in [5, 5.41) is 12.1. The van der Waals surface area contributed by atoms with Crippen molar-refractivity contribution < 1.29 is 14.7 Å². The Morgan fingerprint density at radius 2 is 1.63 bits per heavy atom. The third kappa shape index (κ3) is 4.40. The fourth-order valence-electron chi connectivity index (χ4n) is 2.25. The van der Waals surface area contributed by atoms with Crippen LogP contribution in [0.5, 0.6) is 0 Å². The first kappa shape index (κ1) is 17.7. The van der Waals surface area contributed by atoms with E-state index in [1.54, 1.807) is 11.9 Å². The predicted octanol–water partition coefficient (Wildman–Crippen LogP) is 2.71. The molecule has 0 aromatic rings. The largest absolute Gasteiger partial charge is 0.481 e. The SMILES string of the molecule is CCC(CC)N(C)C(=O)NCC(CC)(CC)C(=O)O. The molecule has 0 saturated heterocycles. The van der Waals surface area contributed by atoms with Crippen LogP contribution in [0.1, 0.15) is 53.4 Å². The third-order valence-electron chi connectivity index (χ3n) is 4.20. The minimum absolute atomic E-state index is 0.179. The summed E-state index contributed by atoms with van der Waals surface area (Å²) in [5.41, 5.74) is -0.857. The number of carbonyl (C=O) groups is 2. The first-order chi connectivity index (χ1) is 8.88. The molecule has 0 spiro atoms. The number of aliphatic carboxylic acids is 1. The molecule has 19 heavy (non-hydrogen) atoms. The van der Waals surface area contributed by atoms with Gasteiger partial charge in [-0.1, -0.05) is 27.7 Å². The van der Waals surface area contributed by atoms with E-state index in [0.29, 0.717) is 12.8 Å². The number of carboxylic acid groups (broad SMARTS) is 1. The van der Waals surface area contributed by atoms with Crippen molar-refractivity contribution in [3.8, 4) is 0 Å². The Hall–Kier alpha value is -1.26. The van der Waals surface area contributed by atoms with Crippen LogP contribution >= 0.6 is 0 Å². The van der Waals surface area contributed by atoms with Gasteiger partial charge in [0.05, 0.1) is 5.41 Å². The fraction of sp³-hybridized carbons (Fsp3) is 0.857. The Balaban J connectivity index is 4.61. The third-order valence-corrected chi connectivity index (χ3v) is 4.20. The van der Waals surface area contributed by atoms with Crippen LogP contribution < -0.4 is 5.32 Å².